The minimum absolute atomic E-state index is 0.521. The molecule has 0 aliphatic rings. The monoisotopic (exact) mass is 253 g/mol. The van der Waals surface area contributed by atoms with Crippen LogP contribution in [-0.2, 0) is 0 Å². The first-order valence-corrected chi connectivity index (χ1v) is 7.04. The van der Waals surface area contributed by atoms with E-state index in [4.69, 9.17) is 0 Å². The number of nitrogens with one attached hydrogen (secondary N) is 1. The molecule has 0 fully saturated rings. The highest BCUT2D eigenvalue weighted by Crippen LogP contribution is 2.30. The van der Waals surface area contributed by atoms with E-state index in [-0.39, 0.29) is 0 Å². The van der Waals surface area contributed by atoms with E-state index in [1.54, 1.807) is 0 Å². The van der Waals surface area contributed by atoms with E-state index in [1.165, 1.54) is 16.8 Å². The van der Waals surface area contributed by atoms with E-state index < -0.39 is 0 Å². The van der Waals surface area contributed by atoms with Crippen LogP contribution in [0.4, 0.5) is 11.4 Å². The summed E-state index contributed by atoms with van der Waals surface area (Å²) in [7, 11) is 0. The van der Waals surface area contributed by atoms with Crippen LogP contribution in [0.25, 0.3) is 0 Å². The van der Waals surface area contributed by atoms with Crippen molar-refractivity contribution in [3.05, 3.63) is 59.7 Å². The number of anilines is 2. The zero-order valence-corrected chi connectivity index (χ0v) is 12.3. The zero-order valence-electron chi connectivity index (χ0n) is 12.3. The average Bonchev–Trinajstić information content (AvgIpc) is 2.39. The molecule has 0 radical (unpaired) electrons. The number of hydrogen-bond donors (Lipinski definition) is 1. The molecule has 0 saturated heterocycles. The van der Waals surface area contributed by atoms with Crippen LogP contribution >= 0.6 is 0 Å². The van der Waals surface area contributed by atoms with E-state index >= 15 is 0 Å². The maximum atomic E-state index is 3.55. The van der Waals surface area contributed by atoms with Gasteiger partial charge < -0.3 is 5.32 Å². The molecule has 0 heterocycles. The second-order valence-electron chi connectivity index (χ2n) is 5.65. The van der Waals surface area contributed by atoms with E-state index in [2.05, 4.69) is 75.5 Å². The molecule has 0 bridgehead atoms. The minimum atomic E-state index is 0.521. The van der Waals surface area contributed by atoms with Crippen LogP contribution in [0, 0.1) is 0 Å². The van der Waals surface area contributed by atoms with Gasteiger partial charge in [-0.2, -0.15) is 0 Å². The summed E-state index contributed by atoms with van der Waals surface area (Å²) in [4.78, 5) is 0. The van der Waals surface area contributed by atoms with Crippen molar-refractivity contribution in [3.8, 4) is 0 Å². The van der Waals surface area contributed by atoms with Crippen LogP contribution in [0.5, 0.6) is 0 Å². The summed E-state index contributed by atoms with van der Waals surface area (Å²) in [6.45, 7) is 8.94. The lowest BCUT2D eigenvalue weighted by Gasteiger charge is -2.17. The summed E-state index contributed by atoms with van der Waals surface area (Å²) < 4.78 is 0. The molecule has 1 heteroatoms. The normalized spacial score (nSPS) is 11.1. The largest absolute Gasteiger partial charge is 0.355 e. The van der Waals surface area contributed by atoms with Crippen molar-refractivity contribution in [2.24, 2.45) is 0 Å². The van der Waals surface area contributed by atoms with E-state index in [0.717, 1.165) is 5.69 Å². The fourth-order valence-corrected chi connectivity index (χ4v) is 2.22. The third-order valence-corrected chi connectivity index (χ3v) is 3.42. The average molecular weight is 253 g/mol. The summed E-state index contributed by atoms with van der Waals surface area (Å²) in [5, 5.41) is 3.55. The molecule has 1 nitrogen and oxygen atoms in total. The topological polar surface area (TPSA) is 12.0 Å². The van der Waals surface area contributed by atoms with Crippen LogP contribution < -0.4 is 5.32 Å². The molecule has 0 spiro atoms. The highest BCUT2D eigenvalue weighted by atomic mass is 14.9. The van der Waals surface area contributed by atoms with E-state index in [0.29, 0.717) is 11.8 Å². The third-order valence-electron chi connectivity index (χ3n) is 3.42. The van der Waals surface area contributed by atoms with Crippen molar-refractivity contribution in [2.75, 3.05) is 5.32 Å². The van der Waals surface area contributed by atoms with Gasteiger partial charge in [0.05, 0.1) is 0 Å². The molecule has 0 unspecified atom stereocenters. The molecule has 1 N–H and O–H groups in total. The summed E-state index contributed by atoms with van der Waals surface area (Å²) in [5.41, 5.74) is 5.12. The highest BCUT2D eigenvalue weighted by Gasteiger charge is 2.09. The van der Waals surface area contributed by atoms with Gasteiger partial charge in [0.25, 0.3) is 0 Å². The van der Waals surface area contributed by atoms with Gasteiger partial charge in [-0.3, -0.25) is 0 Å². The van der Waals surface area contributed by atoms with Crippen molar-refractivity contribution in [3.63, 3.8) is 0 Å². The molecule has 19 heavy (non-hydrogen) atoms. The molecule has 0 aliphatic carbocycles. The first-order valence-electron chi connectivity index (χ1n) is 7.04. The lowest BCUT2D eigenvalue weighted by molar-refractivity contribution is 0.847. The third kappa shape index (κ3) is 3.37. The molecule has 0 atom stereocenters. The lowest BCUT2D eigenvalue weighted by atomic mass is 9.95. The predicted octanol–water partition coefficient (Wildman–Crippen LogP) is 5.68. The summed E-state index contributed by atoms with van der Waals surface area (Å²) >= 11 is 0. The quantitative estimate of drug-likeness (QED) is 0.739. The fourth-order valence-electron chi connectivity index (χ4n) is 2.22. The number of rotatable bonds is 4. The van der Waals surface area contributed by atoms with Gasteiger partial charge in [0.1, 0.15) is 0 Å². The summed E-state index contributed by atoms with van der Waals surface area (Å²) in [6.07, 6.45) is 0. The van der Waals surface area contributed by atoms with Crippen LogP contribution in [-0.4, -0.2) is 0 Å². The van der Waals surface area contributed by atoms with Gasteiger partial charge in [-0.15, -0.1) is 0 Å². The Hall–Kier alpha value is -1.76. The molecule has 0 saturated carbocycles. The van der Waals surface area contributed by atoms with Crippen LogP contribution in [0.3, 0.4) is 0 Å². The Labute approximate surface area is 116 Å². The van der Waals surface area contributed by atoms with Gasteiger partial charge in [-0.1, -0.05) is 58.0 Å². The Bertz CT molecular complexity index is 527. The fraction of sp³-hybridized carbons (Fsp3) is 0.333. The Morgan fingerprint density at radius 2 is 1.47 bits per heavy atom. The Kier molecular flexibility index (Phi) is 4.26. The molecule has 2 rings (SSSR count). The summed E-state index contributed by atoms with van der Waals surface area (Å²) in [5.74, 6) is 1.07. The SMILES string of the molecule is CC(C)c1ccc(C(C)C)c(Nc2ccccc2)c1. The van der Waals surface area contributed by atoms with Crippen LogP contribution in [0.1, 0.15) is 50.7 Å². The second kappa shape index (κ2) is 5.92. The van der Waals surface area contributed by atoms with Crippen LogP contribution in [0.15, 0.2) is 48.5 Å². The predicted molar refractivity (Wildman–Crippen MR) is 84.3 cm³/mol. The van der Waals surface area contributed by atoms with Crippen molar-refractivity contribution in [1.29, 1.82) is 0 Å². The molecular weight excluding hydrogens is 230 g/mol. The number of hydrogen-bond acceptors (Lipinski definition) is 1. The van der Waals surface area contributed by atoms with Gasteiger partial charge in [0.2, 0.25) is 0 Å². The number of para-hydroxylation sites is 1. The van der Waals surface area contributed by atoms with Crippen LogP contribution in [0.2, 0.25) is 0 Å². The zero-order chi connectivity index (χ0) is 13.8. The molecule has 0 amide bonds. The van der Waals surface area contributed by atoms with Gasteiger partial charge in [0.15, 0.2) is 0 Å². The van der Waals surface area contributed by atoms with Gasteiger partial charge >= 0.3 is 0 Å². The lowest BCUT2D eigenvalue weighted by Crippen LogP contribution is -2.00. The van der Waals surface area contributed by atoms with Gasteiger partial charge in [-0.05, 0) is 41.2 Å². The Morgan fingerprint density at radius 1 is 0.789 bits per heavy atom. The van der Waals surface area contributed by atoms with Crippen molar-refractivity contribution in [2.45, 2.75) is 39.5 Å². The molecule has 0 aromatic heterocycles. The minimum Gasteiger partial charge on any atom is -0.355 e. The highest BCUT2D eigenvalue weighted by molar-refractivity contribution is 5.65. The molecule has 0 aliphatic heterocycles. The summed E-state index contributed by atoms with van der Waals surface area (Å²) in [6, 6.07) is 17.2. The first-order chi connectivity index (χ1) is 9.08. The Balaban J connectivity index is 2.38. The van der Waals surface area contributed by atoms with E-state index in [9.17, 15) is 0 Å². The maximum Gasteiger partial charge on any atom is 0.0422 e. The van der Waals surface area contributed by atoms with Gasteiger partial charge in [-0.25, -0.2) is 0 Å². The van der Waals surface area contributed by atoms with Crippen molar-refractivity contribution < 1.29 is 0 Å². The van der Waals surface area contributed by atoms with Crippen molar-refractivity contribution in [1.82, 2.24) is 0 Å². The smallest absolute Gasteiger partial charge is 0.0422 e. The van der Waals surface area contributed by atoms with E-state index in [1.807, 2.05) is 6.07 Å². The molecular formula is C18H23N. The van der Waals surface area contributed by atoms with Crippen molar-refractivity contribution >= 4 is 11.4 Å². The molecule has 100 valence electrons. The molecule has 2 aromatic rings. The number of benzene rings is 2. The van der Waals surface area contributed by atoms with Gasteiger partial charge in [0, 0.05) is 11.4 Å². The first kappa shape index (κ1) is 13.7. The standard InChI is InChI=1S/C18H23N/c1-13(2)15-10-11-17(14(3)4)18(12-15)19-16-8-6-5-7-9-16/h5-14,19H,1-4H3. The maximum absolute atomic E-state index is 3.55. The molecule has 2 aromatic carbocycles. The second-order valence-corrected chi connectivity index (χ2v) is 5.65. The Morgan fingerprint density at radius 3 is 2.05 bits per heavy atom.